The number of methoxy groups -OCH3 is 1. The summed E-state index contributed by atoms with van der Waals surface area (Å²) in [4.78, 5) is 13.0. The third kappa shape index (κ3) is 4.94. The number of halogens is 2. The van der Waals surface area contributed by atoms with Gasteiger partial charge in [-0.1, -0.05) is 6.07 Å². The molecule has 1 saturated heterocycles. The number of aliphatic imine (C=N–C) groups is 1. The average molecular weight is 477 g/mol. The van der Waals surface area contributed by atoms with Crippen molar-refractivity contribution in [2.75, 3.05) is 38.2 Å². The van der Waals surface area contributed by atoms with Crippen molar-refractivity contribution >= 4 is 46.4 Å². The Hall–Kier alpha value is -1.62. The number of benzene rings is 1. The molecule has 0 saturated carbocycles. The number of nitrogens with two attached hydrogens (primary N) is 1. The van der Waals surface area contributed by atoms with Gasteiger partial charge in [0, 0.05) is 37.8 Å². The predicted octanol–water partition coefficient (Wildman–Crippen LogP) is 2.55. The maximum atomic E-state index is 13.7. The molecule has 1 aliphatic rings. The van der Waals surface area contributed by atoms with E-state index in [9.17, 15) is 4.39 Å². The molecule has 0 unspecified atom stereocenters. The smallest absolute Gasteiger partial charge is 0.191 e. The normalized spacial score (nSPS) is 15.0. The molecular weight excluding hydrogens is 456 g/mol. The summed E-state index contributed by atoms with van der Waals surface area (Å²) in [7, 11) is 1.44. The van der Waals surface area contributed by atoms with E-state index < -0.39 is 0 Å². The van der Waals surface area contributed by atoms with Crippen LogP contribution in [0, 0.1) is 5.82 Å². The molecule has 25 heavy (non-hydrogen) atoms. The van der Waals surface area contributed by atoms with E-state index in [1.165, 1.54) is 13.2 Å². The second-order valence-electron chi connectivity index (χ2n) is 5.43. The number of guanidine groups is 1. The Balaban J connectivity index is 0.00000225. The monoisotopic (exact) mass is 477 g/mol. The first-order valence-electron chi connectivity index (χ1n) is 7.69. The lowest BCUT2D eigenvalue weighted by Gasteiger charge is -2.35. The summed E-state index contributed by atoms with van der Waals surface area (Å²) < 4.78 is 18.6. The fourth-order valence-corrected chi connectivity index (χ4v) is 3.28. The molecule has 2 N–H and O–H groups in total. The summed E-state index contributed by atoms with van der Waals surface area (Å²) in [6.07, 6.45) is 1.82. The van der Waals surface area contributed by atoms with Gasteiger partial charge in [0.2, 0.25) is 0 Å². The van der Waals surface area contributed by atoms with E-state index in [1.54, 1.807) is 23.5 Å². The molecule has 2 heterocycles. The number of hydrogen-bond donors (Lipinski definition) is 1. The lowest BCUT2D eigenvalue weighted by Crippen LogP contribution is -2.51. The number of ether oxygens (including phenoxy) is 1. The molecule has 136 valence electrons. The number of aromatic nitrogens is 1. The second kappa shape index (κ2) is 9.18. The fraction of sp³-hybridized carbons (Fsp3) is 0.375. The highest BCUT2D eigenvalue weighted by atomic mass is 127. The van der Waals surface area contributed by atoms with E-state index in [-0.39, 0.29) is 35.5 Å². The predicted molar refractivity (Wildman–Crippen MR) is 110 cm³/mol. The van der Waals surface area contributed by atoms with Crippen molar-refractivity contribution in [3.63, 3.8) is 0 Å². The molecule has 1 aromatic heterocycles. The van der Waals surface area contributed by atoms with Crippen molar-refractivity contribution < 1.29 is 9.13 Å². The van der Waals surface area contributed by atoms with E-state index in [4.69, 9.17) is 10.5 Å². The average Bonchev–Trinajstić information content (AvgIpc) is 3.14. The number of hydrogen-bond acceptors (Lipinski definition) is 5. The van der Waals surface area contributed by atoms with Gasteiger partial charge in [-0.25, -0.2) is 14.4 Å². The molecule has 6 nitrogen and oxygen atoms in total. The molecule has 0 spiro atoms. The SMILES string of the molecule is COc1ccc(CN=C(N)N2CCN(c3nccs3)CC2)cc1F.I. The van der Waals surface area contributed by atoms with E-state index in [1.807, 2.05) is 16.5 Å². The third-order valence-electron chi connectivity index (χ3n) is 3.93. The van der Waals surface area contributed by atoms with Crippen LogP contribution in [-0.4, -0.2) is 49.1 Å². The Bertz CT molecular complexity index is 705. The zero-order chi connectivity index (χ0) is 16.9. The number of nitrogens with zero attached hydrogens (tertiary/aromatic N) is 4. The van der Waals surface area contributed by atoms with Crippen LogP contribution in [0.15, 0.2) is 34.8 Å². The van der Waals surface area contributed by atoms with Crippen molar-refractivity contribution in [1.82, 2.24) is 9.88 Å². The van der Waals surface area contributed by atoms with Gasteiger partial charge in [-0.05, 0) is 17.7 Å². The number of rotatable bonds is 4. The molecule has 3 rings (SSSR count). The molecule has 0 aliphatic carbocycles. The summed E-state index contributed by atoms with van der Waals surface area (Å²) in [5.74, 6) is 0.333. The van der Waals surface area contributed by atoms with Crippen LogP contribution in [0.3, 0.4) is 0 Å². The lowest BCUT2D eigenvalue weighted by molar-refractivity contribution is 0.380. The van der Waals surface area contributed by atoms with Crippen LogP contribution in [0.4, 0.5) is 9.52 Å². The van der Waals surface area contributed by atoms with E-state index in [0.717, 1.165) is 36.9 Å². The van der Waals surface area contributed by atoms with Gasteiger partial charge in [0.05, 0.1) is 13.7 Å². The Labute approximate surface area is 167 Å². The van der Waals surface area contributed by atoms with Crippen molar-refractivity contribution in [3.8, 4) is 5.75 Å². The van der Waals surface area contributed by atoms with Crippen LogP contribution in [0.1, 0.15) is 5.56 Å². The third-order valence-corrected chi connectivity index (χ3v) is 4.77. The molecule has 2 aromatic rings. The molecule has 0 radical (unpaired) electrons. The minimum atomic E-state index is -0.388. The highest BCUT2D eigenvalue weighted by Crippen LogP contribution is 2.19. The molecule has 1 aromatic carbocycles. The molecule has 0 bridgehead atoms. The quantitative estimate of drug-likeness (QED) is 0.417. The fourth-order valence-electron chi connectivity index (χ4n) is 2.58. The molecule has 9 heteroatoms. The van der Waals surface area contributed by atoms with Crippen LogP contribution < -0.4 is 15.4 Å². The zero-order valence-corrected chi connectivity index (χ0v) is 17.0. The minimum absolute atomic E-state index is 0. The molecular formula is C16H21FIN5OS. The van der Waals surface area contributed by atoms with Crippen LogP contribution in [0.25, 0.3) is 0 Å². The summed E-state index contributed by atoms with van der Waals surface area (Å²) in [5.41, 5.74) is 6.84. The van der Waals surface area contributed by atoms with Gasteiger partial charge in [-0.15, -0.1) is 35.3 Å². The first kappa shape index (κ1) is 19.7. The maximum absolute atomic E-state index is 13.7. The standard InChI is InChI=1S/C16H20FN5OS.HI/c1-23-14-3-2-12(10-13(14)17)11-20-15(18)21-5-7-22(8-6-21)16-19-4-9-24-16;/h2-4,9-10H,5-8,11H2,1H3,(H2,18,20);1H. The molecule has 1 fully saturated rings. The van der Waals surface area contributed by atoms with Crippen LogP contribution in [0.5, 0.6) is 5.75 Å². The van der Waals surface area contributed by atoms with Crippen LogP contribution in [0.2, 0.25) is 0 Å². The van der Waals surface area contributed by atoms with Gasteiger partial charge >= 0.3 is 0 Å². The summed E-state index contributed by atoms with van der Waals surface area (Å²) in [5, 5.41) is 3.02. The number of piperazine rings is 1. The van der Waals surface area contributed by atoms with E-state index in [0.29, 0.717) is 12.5 Å². The second-order valence-corrected chi connectivity index (χ2v) is 6.31. The van der Waals surface area contributed by atoms with Crippen LogP contribution >= 0.6 is 35.3 Å². The Morgan fingerprint density at radius 2 is 2.12 bits per heavy atom. The largest absolute Gasteiger partial charge is 0.494 e. The van der Waals surface area contributed by atoms with Crippen molar-refractivity contribution in [2.24, 2.45) is 10.7 Å². The van der Waals surface area contributed by atoms with Gasteiger partial charge in [0.1, 0.15) is 0 Å². The highest BCUT2D eigenvalue weighted by molar-refractivity contribution is 14.0. The number of thiazole rings is 1. The first-order chi connectivity index (χ1) is 11.7. The maximum Gasteiger partial charge on any atom is 0.191 e. The Morgan fingerprint density at radius 1 is 1.36 bits per heavy atom. The molecule has 0 atom stereocenters. The van der Waals surface area contributed by atoms with Gasteiger partial charge in [-0.3, -0.25) is 0 Å². The van der Waals surface area contributed by atoms with Gasteiger partial charge in [0.25, 0.3) is 0 Å². The summed E-state index contributed by atoms with van der Waals surface area (Å²) in [6, 6.07) is 4.82. The Morgan fingerprint density at radius 3 is 2.72 bits per heavy atom. The van der Waals surface area contributed by atoms with Crippen molar-refractivity contribution in [1.29, 1.82) is 0 Å². The van der Waals surface area contributed by atoms with Crippen molar-refractivity contribution in [3.05, 3.63) is 41.2 Å². The van der Waals surface area contributed by atoms with Crippen molar-refractivity contribution in [2.45, 2.75) is 6.54 Å². The summed E-state index contributed by atoms with van der Waals surface area (Å²) >= 11 is 1.64. The topological polar surface area (TPSA) is 67.0 Å². The lowest BCUT2D eigenvalue weighted by atomic mass is 10.2. The van der Waals surface area contributed by atoms with Gasteiger partial charge in [-0.2, -0.15) is 0 Å². The first-order valence-corrected chi connectivity index (χ1v) is 8.57. The highest BCUT2D eigenvalue weighted by Gasteiger charge is 2.19. The van der Waals surface area contributed by atoms with E-state index in [2.05, 4.69) is 14.9 Å². The van der Waals surface area contributed by atoms with Crippen LogP contribution in [-0.2, 0) is 6.54 Å². The minimum Gasteiger partial charge on any atom is -0.494 e. The molecule has 0 amide bonds. The Kier molecular flexibility index (Phi) is 7.24. The zero-order valence-electron chi connectivity index (χ0n) is 13.9. The molecule has 1 aliphatic heterocycles. The van der Waals surface area contributed by atoms with E-state index >= 15 is 0 Å². The number of anilines is 1. The summed E-state index contributed by atoms with van der Waals surface area (Å²) in [6.45, 7) is 3.67. The van der Waals surface area contributed by atoms with Gasteiger partial charge in [0.15, 0.2) is 22.7 Å². The van der Waals surface area contributed by atoms with Gasteiger partial charge < -0.3 is 20.3 Å².